The summed E-state index contributed by atoms with van der Waals surface area (Å²) in [7, 11) is -3.99. The maximum Gasteiger partial charge on any atom is 0.266 e. The van der Waals surface area contributed by atoms with Gasteiger partial charge in [-0.1, -0.05) is 53.5 Å². The third kappa shape index (κ3) is 3.09. The fourth-order valence-electron chi connectivity index (χ4n) is 4.60. The zero-order valence-electron chi connectivity index (χ0n) is 16.0. The van der Waals surface area contributed by atoms with Crippen molar-refractivity contribution in [3.05, 3.63) is 76.5 Å². The molecule has 0 unspecified atom stereocenters. The SMILES string of the molecule is Cc1ccc(S(=O)(=O)N2C(=O)C[C@]3(c4ccccc4N=[N+]=[N-])[CH]CCC[C@H]23)cc1. The number of nitrogens with zero attached hydrogens (tertiary/aromatic N) is 4. The van der Waals surface area contributed by atoms with Gasteiger partial charge in [-0.05, 0) is 49.4 Å². The van der Waals surface area contributed by atoms with Crippen LogP contribution >= 0.6 is 0 Å². The monoisotopic (exact) mass is 409 g/mol. The molecule has 149 valence electrons. The van der Waals surface area contributed by atoms with Crippen molar-refractivity contribution in [1.29, 1.82) is 0 Å². The minimum Gasteiger partial charge on any atom is -0.274 e. The first-order valence-electron chi connectivity index (χ1n) is 9.53. The summed E-state index contributed by atoms with van der Waals surface area (Å²) in [4.78, 5) is 16.1. The van der Waals surface area contributed by atoms with E-state index in [4.69, 9.17) is 5.53 Å². The molecule has 8 heteroatoms. The van der Waals surface area contributed by atoms with Crippen LogP contribution < -0.4 is 0 Å². The molecule has 0 bridgehead atoms. The van der Waals surface area contributed by atoms with Crippen LogP contribution in [0.2, 0.25) is 0 Å². The zero-order valence-corrected chi connectivity index (χ0v) is 16.8. The van der Waals surface area contributed by atoms with E-state index in [0.29, 0.717) is 17.7 Å². The Hall–Kier alpha value is -2.83. The molecule has 1 saturated heterocycles. The summed E-state index contributed by atoms with van der Waals surface area (Å²) >= 11 is 0. The smallest absolute Gasteiger partial charge is 0.266 e. The molecule has 2 atom stereocenters. The van der Waals surface area contributed by atoms with Gasteiger partial charge in [-0.3, -0.25) is 4.79 Å². The Kier molecular flexibility index (Phi) is 4.84. The van der Waals surface area contributed by atoms with Crippen LogP contribution in [0.1, 0.15) is 36.8 Å². The highest BCUT2D eigenvalue weighted by molar-refractivity contribution is 7.89. The van der Waals surface area contributed by atoms with Crippen LogP contribution in [0.3, 0.4) is 0 Å². The average molecular weight is 409 g/mol. The summed E-state index contributed by atoms with van der Waals surface area (Å²) in [5, 5.41) is 3.80. The lowest BCUT2D eigenvalue weighted by molar-refractivity contribution is -0.124. The van der Waals surface area contributed by atoms with Gasteiger partial charge < -0.3 is 0 Å². The molecule has 1 saturated carbocycles. The molecule has 0 N–H and O–H groups in total. The quantitative estimate of drug-likeness (QED) is 0.420. The molecule has 1 aliphatic heterocycles. The summed E-state index contributed by atoms with van der Waals surface area (Å²) in [6, 6.07) is 13.1. The van der Waals surface area contributed by atoms with Gasteiger partial charge in [0.2, 0.25) is 5.91 Å². The van der Waals surface area contributed by atoms with Gasteiger partial charge in [-0.25, -0.2) is 12.7 Å². The Balaban J connectivity index is 1.85. The summed E-state index contributed by atoms with van der Waals surface area (Å²) < 4.78 is 27.9. The summed E-state index contributed by atoms with van der Waals surface area (Å²) in [5.41, 5.74) is 10.2. The lowest BCUT2D eigenvalue weighted by atomic mass is 9.66. The molecule has 2 aromatic rings. The predicted molar refractivity (Wildman–Crippen MR) is 109 cm³/mol. The number of fused-ring (bicyclic) bond motifs is 1. The first-order chi connectivity index (χ1) is 13.9. The number of benzene rings is 2. The molecular weight excluding hydrogens is 388 g/mol. The number of carbonyl (C=O) groups is 1. The van der Waals surface area contributed by atoms with E-state index in [1.165, 1.54) is 0 Å². The molecule has 2 aromatic carbocycles. The summed E-state index contributed by atoms with van der Waals surface area (Å²) in [6.45, 7) is 1.88. The molecule has 1 radical (unpaired) electrons. The van der Waals surface area contributed by atoms with E-state index >= 15 is 0 Å². The Labute approximate surface area is 170 Å². The molecule has 7 nitrogen and oxygen atoms in total. The van der Waals surface area contributed by atoms with E-state index < -0.39 is 27.4 Å². The zero-order chi connectivity index (χ0) is 20.6. The van der Waals surface area contributed by atoms with E-state index in [2.05, 4.69) is 10.0 Å². The number of carbonyl (C=O) groups excluding carboxylic acids is 1. The normalized spacial score (nSPS) is 24.1. The van der Waals surface area contributed by atoms with Gasteiger partial charge >= 0.3 is 0 Å². The Morgan fingerprint density at radius 3 is 2.62 bits per heavy atom. The Morgan fingerprint density at radius 2 is 1.90 bits per heavy atom. The van der Waals surface area contributed by atoms with Crippen molar-refractivity contribution in [1.82, 2.24) is 4.31 Å². The van der Waals surface area contributed by atoms with Crippen molar-refractivity contribution < 1.29 is 13.2 Å². The van der Waals surface area contributed by atoms with Crippen LogP contribution in [0.15, 0.2) is 58.5 Å². The number of hydrogen-bond acceptors (Lipinski definition) is 4. The van der Waals surface area contributed by atoms with Crippen LogP contribution in [0.4, 0.5) is 5.69 Å². The molecule has 2 aliphatic rings. The Morgan fingerprint density at radius 1 is 1.17 bits per heavy atom. The molecule has 4 rings (SSSR count). The number of aryl methyl sites for hydroxylation is 1. The minimum atomic E-state index is -3.99. The van der Waals surface area contributed by atoms with Crippen molar-refractivity contribution in [2.75, 3.05) is 0 Å². The maximum absolute atomic E-state index is 13.4. The fraction of sp³-hybridized carbons (Fsp3) is 0.333. The van der Waals surface area contributed by atoms with Crippen LogP contribution in [-0.2, 0) is 20.2 Å². The highest BCUT2D eigenvalue weighted by Gasteiger charge is 2.57. The first-order valence-corrected chi connectivity index (χ1v) is 11.0. The topological polar surface area (TPSA) is 103 Å². The molecule has 1 aliphatic carbocycles. The average Bonchev–Trinajstić information content (AvgIpc) is 3.02. The largest absolute Gasteiger partial charge is 0.274 e. The second-order valence-corrected chi connectivity index (χ2v) is 9.40. The second kappa shape index (κ2) is 7.21. The molecule has 1 amide bonds. The molecular formula is C21H21N4O3S. The van der Waals surface area contributed by atoms with Gasteiger partial charge in [0, 0.05) is 22.4 Å². The lowest BCUT2D eigenvalue weighted by Gasteiger charge is -2.41. The van der Waals surface area contributed by atoms with E-state index in [0.717, 1.165) is 22.7 Å². The van der Waals surface area contributed by atoms with Crippen LogP contribution in [0.25, 0.3) is 10.4 Å². The van der Waals surface area contributed by atoms with E-state index in [1.54, 1.807) is 36.4 Å². The van der Waals surface area contributed by atoms with Crippen molar-refractivity contribution in [2.24, 2.45) is 5.11 Å². The standard InChI is InChI=1S/C21H21N4O3S/c1-15-9-11-16(12-10-15)29(27,28)25-19-8-4-5-13-21(19,14-20(25)26)17-6-2-3-7-18(17)23-24-22/h2-3,6-7,9-13,19H,4-5,8,14H2,1H3/t19-,21-/m0/s1. The Bertz CT molecular complexity index is 1110. The second-order valence-electron chi connectivity index (χ2n) is 7.58. The van der Waals surface area contributed by atoms with Crippen molar-refractivity contribution in [3.8, 4) is 0 Å². The van der Waals surface area contributed by atoms with Gasteiger partial charge in [0.25, 0.3) is 10.0 Å². The molecule has 0 aromatic heterocycles. The highest BCUT2D eigenvalue weighted by atomic mass is 32.2. The molecule has 0 spiro atoms. The predicted octanol–water partition coefficient (Wildman–Crippen LogP) is 4.55. The van der Waals surface area contributed by atoms with E-state index in [9.17, 15) is 13.2 Å². The van der Waals surface area contributed by atoms with E-state index in [1.807, 2.05) is 25.5 Å². The minimum absolute atomic E-state index is 0.0424. The number of rotatable bonds is 4. The van der Waals surface area contributed by atoms with Crippen molar-refractivity contribution in [2.45, 2.75) is 49.0 Å². The first kappa shape index (κ1) is 19.5. The fourth-order valence-corrected chi connectivity index (χ4v) is 6.26. The highest BCUT2D eigenvalue weighted by Crippen LogP contribution is 2.52. The lowest BCUT2D eigenvalue weighted by Crippen LogP contribution is -2.48. The van der Waals surface area contributed by atoms with Gasteiger partial charge in [0.05, 0.1) is 10.9 Å². The summed E-state index contributed by atoms with van der Waals surface area (Å²) in [5.74, 6) is -0.426. The van der Waals surface area contributed by atoms with E-state index in [-0.39, 0.29) is 11.3 Å². The molecule has 2 fully saturated rings. The maximum atomic E-state index is 13.4. The number of sulfonamides is 1. The third-order valence-electron chi connectivity index (χ3n) is 5.89. The van der Waals surface area contributed by atoms with Crippen molar-refractivity contribution >= 4 is 21.6 Å². The van der Waals surface area contributed by atoms with Crippen LogP contribution in [0.5, 0.6) is 0 Å². The number of amides is 1. The number of hydrogen-bond donors (Lipinski definition) is 0. The van der Waals surface area contributed by atoms with Crippen LogP contribution in [-0.4, -0.2) is 24.7 Å². The molecule has 1 heterocycles. The van der Waals surface area contributed by atoms with Crippen molar-refractivity contribution in [3.63, 3.8) is 0 Å². The third-order valence-corrected chi connectivity index (χ3v) is 7.74. The number of azide groups is 1. The van der Waals surface area contributed by atoms with Gasteiger partial charge in [0.15, 0.2) is 0 Å². The molecule has 29 heavy (non-hydrogen) atoms. The van der Waals surface area contributed by atoms with Crippen LogP contribution in [0, 0.1) is 13.3 Å². The van der Waals surface area contributed by atoms with Gasteiger partial charge in [-0.2, -0.15) is 0 Å². The van der Waals surface area contributed by atoms with Gasteiger partial charge in [-0.15, -0.1) is 0 Å². The van der Waals surface area contributed by atoms with Gasteiger partial charge in [0.1, 0.15) is 0 Å². The summed E-state index contributed by atoms with van der Waals surface area (Å²) in [6.07, 6.45) is 4.21.